The molecule has 1 N–H and O–H groups in total. The molecule has 0 spiro atoms. The van der Waals surface area contributed by atoms with E-state index in [2.05, 4.69) is 34.7 Å². The number of hydrogen-bond donors (Lipinski definition) is 1. The molecule has 1 aliphatic carbocycles. The van der Waals surface area contributed by atoms with Crippen molar-refractivity contribution in [3.8, 4) is 5.75 Å². The Morgan fingerprint density at radius 3 is 2.78 bits per heavy atom. The van der Waals surface area contributed by atoms with Gasteiger partial charge < -0.3 is 9.64 Å². The van der Waals surface area contributed by atoms with Gasteiger partial charge >= 0.3 is 0 Å². The normalized spacial score (nSPS) is 18.8. The van der Waals surface area contributed by atoms with E-state index >= 15 is 0 Å². The summed E-state index contributed by atoms with van der Waals surface area (Å²) in [4.78, 5) is 7.31. The number of hydrogen-bond acceptors (Lipinski definition) is 5. The largest absolute Gasteiger partial charge is 0.497 e. The third kappa shape index (κ3) is 4.55. The van der Waals surface area contributed by atoms with Crippen LogP contribution in [0, 0.1) is 31.1 Å². The van der Waals surface area contributed by atoms with Crippen molar-refractivity contribution in [2.75, 3.05) is 32.2 Å². The number of hydrazone groups is 1. The second kappa shape index (κ2) is 9.63. The van der Waals surface area contributed by atoms with Crippen LogP contribution in [0.3, 0.4) is 0 Å². The smallest absolute Gasteiger partial charge is 0.119 e. The van der Waals surface area contributed by atoms with Crippen LogP contribution in [0.4, 0.5) is 5.69 Å². The number of nitrogens with one attached hydrogen (secondary N) is 1. The summed E-state index contributed by atoms with van der Waals surface area (Å²) in [7, 11) is 1.67. The molecule has 2 aromatic carbocycles. The zero-order valence-electron chi connectivity index (χ0n) is 18.1. The third-order valence-electron chi connectivity index (χ3n) is 6.11. The van der Waals surface area contributed by atoms with E-state index in [0.29, 0.717) is 5.02 Å². The lowest BCUT2D eigenvalue weighted by Crippen LogP contribution is -2.34. The van der Waals surface area contributed by atoms with Crippen LogP contribution in [0.25, 0.3) is 21.8 Å². The summed E-state index contributed by atoms with van der Waals surface area (Å²) in [5.74, 6) is 3.24. The van der Waals surface area contributed by atoms with Gasteiger partial charge in [-0.15, -0.1) is 0 Å². The number of ether oxygens (including phenoxy) is 1. The standard InChI is InChI=1S/C26H26ClN4O/c1-32-21-9-11-24-23(15-21)26(22-10-8-20(27)14-25(22)29-24)30-28-16-18-6-5-7-19(18)17-31-12-3-2-4-13-31/h5-11,14-16H,2-4,12-13,17H2,1H3,(H,29,30)/b28-16+. The van der Waals surface area contributed by atoms with Gasteiger partial charge in [0.25, 0.3) is 0 Å². The Bertz CT molecular complexity index is 1130. The fourth-order valence-electron chi connectivity index (χ4n) is 4.41. The third-order valence-corrected chi connectivity index (χ3v) is 6.34. The molecule has 2 fully saturated rings. The van der Waals surface area contributed by atoms with Crippen LogP contribution >= 0.6 is 11.6 Å². The predicted molar refractivity (Wildman–Crippen MR) is 133 cm³/mol. The number of rotatable bonds is 6. The number of likely N-dealkylation sites (tertiary alicyclic amines) is 1. The number of aromatic nitrogens is 1. The molecule has 2 aliphatic rings. The Balaban J connectivity index is 1.41. The molecule has 5 radical (unpaired) electrons. The summed E-state index contributed by atoms with van der Waals surface area (Å²) in [6.45, 7) is 3.34. The lowest BCUT2D eigenvalue weighted by molar-refractivity contribution is 0.240. The number of methoxy groups -OCH3 is 1. The number of benzene rings is 2. The molecule has 1 saturated carbocycles. The Labute approximate surface area is 194 Å². The van der Waals surface area contributed by atoms with E-state index in [0.717, 1.165) is 45.7 Å². The number of pyridine rings is 1. The van der Waals surface area contributed by atoms with E-state index in [1.54, 1.807) is 7.11 Å². The van der Waals surface area contributed by atoms with Crippen molar-refractivity contribution >= 4 is 45.3 Å². The average molecular weight is 446 g/mol. The maximum Gasteiger partial charge on any atom is 0.119 e. The maximum absolute atomic E-state index is 6.23. The molecular weight excluding hydrogens is 420 g/mol. The number of halogens is 1. The molecule has 0 bridgehead atoms. The van der Waals surface area contributed by atoms with Gasteiger partial charge in [0.05, 0.1) is 23.8 Å². The molecule has 0 unspecified atom stereocenters. The lowest BCUT2D eigenvalue weighted by Gasteiger charge is -2.29. The van der Waals surface area contributed by atoms with Gasteiger partial charge in [-0.25, -0.2) is 4.98 Å². The summed E-state index contributed by atoms with van der Waals surface area (Å²) in [6, 6.07) is 11.6. The second-order valence-electron chi connectivity index (χ2n) is 8.24. The van der Waals surface area contributed by atoms with Crippen LogP contribution in [-0.4, -0.2) is 42.8 Å². The van der Waals surface area contributed by atoms with Gasteiger partial charge in [0.1, 0.15) is 5.75 Å². The fraction of sp³-hybridized carbons (Fsp3) is 0.269. The molecule has 3 aromatic rings. The van der Waals surface area contributed by atoms with E-state index in [1.807, 2.05) is 42.6 Å². The Morgan fingerprint density at radius 1 is 1.06 bits per heavy atom. The molecule has 2 heterocycles. The molecule has 0 amide bonds. The Morgan fingerprint density at radius 2 is 1.94 bits per heavy atom. The van der Waals surface area contributed by atoms with Crippen molar-refractivity contribution < 1.29 is 4.74 Å². The summed E-state index contributed by atoms with van der Waals surface area (Å²) in [6.07, 6.45) is 12.3. The van der Waals surface area contributed by atoms with Crippen LogP contribution in [0.5, 0.6) is 5.75 Å². The summed E-state index contributed by atoms with van der Waals surface area (Å²) >= 11 is 6.23. The Hall–Kier alpha value is -2.37. The van der Waals surface area contributed by atoms with Crippen LogP contribution < -0.4 is 10.2 Å². The first-order valence-electron chi connectivity index (χ1n) is 11.0. The van der Waals surface area contributed by atoms with Gasteiger partial charge in [-0.2, -0.15) is 5.10 Å². The number of fused-ring (bicyclic) bond motifs is 2. The van der Waals surface area contributed by atoms with Crippen LogP contribution in [0.1, 0.15) is 19.3 Å². The van der Waals surface area contributed by atoms with Crippen LogP contribution in [-0.2, 0) is 0 Å². The Kier molecular flexibility index (Phi) is 6.47. The predicted octanol–water partition coefficient (Wildman–Crippen LogP) is 5.71. The van der Waals surface area contributed by atoms with E-state index < -0.39 is 0 Å². The van der Waals surface area contributed by atoms with Crippen LogP contribution in [0.2, 0.25) is 5.02 Å². The van der Waals surface area contributed by atoms with Crippen molar-refractivity contribution in [2.45, 2.75) is 19.3 Å². The highest BCUT2D eigenvalue weighted by atomic mass is 35.5. The fourth-order valence-corrected chi connectivity index (χ4v) is 4.58. The van der Waals surface area contributed by atoms with Gasteiger partial charge in [-0.3, -0.25) is 5.43 Å². The first-order valence-corrected chi connectivity index (χ1v) is 11.4. The van der Waals surface area contributed by atoms with Crippen molar-refractivity contribution in [1.29, 1.82) is 0 Å². The van der Waals surface area contributed by atoms with E-state index in [1.165, 1.54) is 38.3 Å². The minimum absolute atomic E-state index is 0.659. The number of piperidine rings is 1. The maximum atomic E-state index is 6.23. The molecule has 6 heteroatoms. The first-order chi connectivity index (χ1) is 15.7. The minimum Gasteiger partial charge on any atom is -0.497 e. The van der Waals surface area contributed by atoms with Crippen molar-refractivity contribution in [1.82, 2.24) is 9.88 Å². The molecule has 163 valence electrons. The van der Waals surface area contributed by atoms with Crippen LogP contribution in [0.15, 0.2) is 41.5 Å². The first kappa shape index (κ1) is 21.5. The molecule has 1 aromatic heterocycles. The quantitative estimate of drug-likeness (QED) is 0.300. The van der Waals surface area contributed by atoms with Gasteiger partial charge in [0.15, 0.2) is 0 Å². The van der Waals surface area contributed by atoms with Gasteiger partial charge in [-0.05, 0) is 81.6 Å². The highest BCUT2D eigenvalue weighted by Gasteiger charge is 2.30. The molecule has 1 aliphatic heterocycles. The summed E-state index contributed by atoms with van der Waals surface area (Å²) in [5.41, 5.74) is 5.86. The van der Waals surface area contributed by atoms with Crippen molar-refractivity contribution in [2.24, 2.45) is 5.10 Å². The highest BCUT2D eigenvalue weighted by Crippen LogP contribution is 2.35. The molecule has 0 atom stereocenters. The van der Waals surface area contributed by atoms with E-state index in [-0.39, 0.29) is 0 Å². The number of anilines is 1. The SMILES string of the molecule is COc1ccc2nc3cc(Cl)ccc3c(N/N=C/[C]3[CH][CH][CH][C]3CN3CCCCC3)c2c1. The highest BCUT2D eigenvalue weighted by molar-refractivity contribution is 6.31. The zero-order chi connectivity index (χ0) is 21.9. The minimum atomic E-state index is 0.659. The lowest BCUT2D eigenvalue weighted by atomic mass is 9.96. The zero-order valence-corrected chi connectivity index (χ0v) is 18.9. The molecule has 1 saturated heterocycles. The molecule has 32 heavy (non-hydrogen) atoms. The average Bonchev–Trinajstić information content (AvgIpc) is 3.25. The summed E-state index contributed by atoms with van der Waals surface area (Å²) in [5, 5.41) is 7.19. The monoisotopic (exact) mass is 445 g/mol. The molecular formula is C26H26ClN4O. The molecule has 5 nitrogen and oxygen atoms in total. The van der Waals surface area contributed by atoms with Gasteiger partial charge in [0.2, 0.25) is 0 Å². The second-order valence-corrected chi connectivity index (χ2v) is 8.68. The van der Waals surface area contributed by atoms with Crippen molar-refractivity contribution in [3.63, 3.8) is 0 Å². The van der Waals surface area contributed by atoms with E-state index in [9.17, 15) is 0 Å². The summed E-state index contributed by atoms with van der Waals surface area (Å²) < 4.78 is 5.44. The topological polar surface area (TPSA) is 49.8 Å². The van der Waals surface area contributed by atoms with Gasteiger partial charge in [-0.1, -0.05) is 18.0 Å². The van der Waals surface area contributed by atoms with E-state index in [4.69, 9.17) is 21.3 Å². The van der Waals surface area contributed by atoms with Gasteiger partial charge in [0, 0.05) is 40.4 Å². The molecule has 5 rings (SSSR count). The number of nitrogens with zero attached hydrogens (tertiary/aromatic N) is 3. The van der Waals surface area contributed by atoms with Crippen molar-refractivity contribution in [3.05, 3.63) is 72.5 Å².